The molecule has 0 radical (unpaired) electrons. The minimum absolute atomic E-state index is 0.602. The third-order valence-electron chi connectivity index (χ3n) is 5.43. The predicted molar refractivity (Wildman–Crippen MR) is 115 cm³/mol. The lowest BCUT2D eigenvalue weighted by Crippen LogP contribution is -2.32. The first-order valence-corrected chi connectivity index (χ1v) is 9.72. The Morgan fingerprint density at radius 3 is 2.50 bits per heavy atom. The molecule has 2 aromatic carbocycles. The first kappa shape index (κ1) is 18.3. The molecule has 0 aliphatic heterocycles. The van der Waals surface area contributed by atoms with E-state index < -0.39 is 0 Å². The zero-order valence-electron chi connectivity index (χ0n) is 17.1. The summed E-state index contributed by atoms with van der Waals surface area (Å²) >= 11 is 0. The molecule has 0 unspecified atom stereocenters. The van der Waals surface area contributed by atoms with E-state index >= 15 is 0 Å². The van der Waals surface area contributed by atoms with Crippen molar-refractivity contribution in [2.45, 2.75) is 34.1 Å². The maximum Gasteiger partial charge on any atom is 0.216 e. The number of rotatable bonds is 3. The summed E-state index contributed by atoms with van der Waals surface area (Å²) in [7, 11) is 2.10. The summed E-state index contributed by atoms with van der Waals surface area (Å²) in [5.41, 5.74) is 8.44. The van der Waals surface area contributed by atoms with Crippen molar-refractivity contribution in [1.29, 1.82) is 0 Å². The Morgan fingerprint density at radius 1 is 1.04 bits per heavy atom. The van der Waals surface area contributed by atoms with Crippen LogP contribution in [0.4, 0.5) is 5.69 Å². The lowest BCUT2D eigenvalue weighted by Gasteiger charge is -2.11. The van der Waals surface area contributed by atoms with Gasteiger partial charge in [0.25, 0.3) is 0 Å². The molecule has 0 N–H and O–H groups in total. The van der Waals surface area contributed by atoms with Gasteiger partial charge in [-0.05, 0) is 43.4 Å². The molecule has 0 aliphatic rings. The summed E-state index contributed by atoms with van der Waals surface area (Å²) in [6.45, 7) is 16.1. The van der Waals surface area contributed by atoms with Gasteiger partial charge in [-0.2, -0.15) is 0 Å². The van der Waals surface area contributed by atoms with Gasteiger partial charge in [0, 0.05) is 22.4 Å². The third-order valence-corrected chi connectivity index (χ3v) is 5.43. The van der Waals surface area contributed by atoms with E-state index in [1.165, 1.54) is 16.7 Å². The lowest BCUT2D eigenvalue weighted by molar-refractivity contribution is -0.660. The summed E-state index contributed by atoms with van der Waals surface area (Å²) in [6.07, 6.45) is 3.27. The average molecular weight is 369 g/mol. The number of hydrogen-bond acceptors (Lipinski definition) is 1. The Balaban J connectivity index is 2.03. The first-order chi connectivity index (χ1) is 13.4. The number of pyridine rings is 1. The lowest BCUT2D eigenvalue weighted by atomic mass is 9.95. The van der Waals surface area contributed by atoms with Crippen LogP contribution in [0.1, 0.15) is 30.5 Å². The van der Waals surface area contributed by atoms with Crippen molar-refractivity contribution in [2.75, 3.05) is 0 Å². The second-order valence-electron chi connectivity index (χ2n) is 8.10. The molecular weight excluding hydrogens is 344 g/mol. The largest absolute Gasteiger partial charge is 0.456 e. The van der Waals surface area contributed by atoms with E-state index in [0.717, 1.165) is 39.6 Å². The van der Waals surface area contributed by atoms with Gasteiger partial charge in [0.2, 0.25) is 5.69 Å². The molecule has 0 amide bonds. The van der Waals surface area contributed by atoms with Crippen LogP contribution >= 0.6 is 0 Å². The smallest absolute Gasteiger partial charge is 0.216 e. The monoisotopic (exact) mass is 369 g/mol. The fourth-order valence-corrected chi connectivity index (χ4v) is 4.05. The predicted octanol–water partition coefficient (Wildman–Crippen LogP) is 6.44. The van der Waals surface area contributed by atoms with Gasteiger partial charge in [-0.25, -0.2) is 9.41 Å². The van der Waals surface area contributed by atoms with Crippen LogP contribution in [0.15, 0.2) is 47.0 Å². The van der Waals surface area contributed by atoms with Gasteiger partial charge in [-0.1, -0.05) is 38.1 Å². The van der Waals surface area contributed by atoms with Gasteiger partial charge in [0.15, 0.2) is 11.9 Å². The highest BCUT2D eigenvalue weighted by Crippen LogP contribution is 2.38. The van der Waals surface area contributed by atoms with Gasteiger partial charge < -0.3 is 4.42 Å². The number of fused-ring (bicyclic) bond motifs is 3. The van der Waals surface area contributed by atoms with Crippen molar-refractivity contribution < 1.29 is 8.98 Å². The summed E-state index contributed by atoms with van der Waals surface area (Å²) in [6, 6.07) is 12.3. The molecule has 28 heavy (non-hydrogen) atoms. The van der Waals surface area contributed by atoms with Crippen molar-refractivity contribution in [3.8, 4) is 11.3 Å². The molecule has 0 bridgehead atoms. The number of hydrogen-bond donors (Lipinski definition) is 0. The van der Waals surface area contributed by atoms with E-state index in [2.05, 4.69) is 68.6 Å². The van der Waals surface area contributed by atoms with Crippen LogP contribution in [0.25, 0.3) is 38.0 Å². The Bertz CT molecular complexity index is 1260. The molecule has 3 nitrogen and oxygen atoms in total. The molecule has 2 heterocycles. The molecule has 140 valence electrons. The van der Waals surface area contributed by atoms with Gasteiger partial charge >= 0.3 is 0 Å². The van der Waals surface area contributed by atoms with Gasteiger partial charge in [0.05, 0.1) is 12.1 Å². The Kier molecular flexibility index (Phi) is 4.43. The topological polar surface area (TPSA) is 21.4 Å². The number of furan rings is 1. The average Bonchev–Trinajstić information content (AvgIpc) is 3.01. The molecule has 2 aromatic heterocycles. The zero-order valence-corrected chi connectivity index (χ0v) is 17.1. The maximum absolute atomic E-state index is 7.27. The van der Waals surface area contributed by atoms with Crippen LogP contribution in [0, 0.1) is 26.3 Å². The second kappa shape index (κ2) is 6.80. The molecule has 0 saturated carbocycles. The van der Waals surface area contributed by atoms with Crippen LogP contribution in [0.2, 0.25) is 0 Å². The van der Waals surface area contributed by atoms with Gasteiger partial charge in [-0.15, -0.1) is 0 Å². The van der Waals surface area contributed by atoms with E-state index in [1.54, 1.807) is 0 Å². The molecule has 0 spiro atoms. The highest BCUT2D eigenvalue weighted by atomic mass is 16.3. The van der Waals surface area contributed by atoms with Crippen molar-refractivity contribution in [2.24, 2.45) is 13.0 Å². The van der Waals surface area contributed by atoms with E-state index in [-0.39, 0.29) is 0 Å². The summed E-state index contributed by atoms with van der Waals surface area (Å²) < 4.78 is 8.50. The Morgan fingerprint density at radius 2 is 1.79 bits per heavy atom. The van der Waals surface area contributed by atoms with E-state index in [4.69, 9.17) is 11.0 Å². The van der Waals surface area contributed by atoms with Crippen LogP contribution in [0.3, 0.4) is 0 Å². The Labute approximate surface area is 166 Å². The van der Waals surface area contributed by atoms with Gasteiger partial charge in [-0.3, -0.25) is 0 Å². The van der Waals surface area contributed by atoms with E-state index in [0.29, 0.717) is 11.6 Å². The minimum atomic E-state index is 0.602. The molecule has 4 rings (SSSR count). The van der Waals surface area contributed by atoms with Crippen molar-refractivity contribution >= 4 is 27.6 Å². The standard InChI is InChI=1S/C25H25N2O/c1-15(2)11-18-12-22(27(6)14-17(18)4)24-16(3)7-9-21-20-10-8-19(26-5)13-23(20)28-25(21)24/h7-10,12-15H,11H2,1-4,6H3/q+1. The summed E-state index contributed by atoms with van der Waals surface area (Å²) in [5, 5.41) is 2.15. The summed E-state index contributed by atoms with van der Waals surface area (Å²) in [5.74, 6) is 0.606. The number of aryl methyl sites for hydroxylation is 3. The number of benzene rings is 2. The zero-order chi connectivity index (χ0) is 20.0. The van der Waals surface area contributed by atoms with Crippen LogP contribution < -0.4 is 4.57 Å². The van der Waals surface area contributed by atoms with Crippen molar-refractivity contribution in [3.63, 3.8) is 0 Å². The number of nitrogens with zero attached hydrogens (tertiary/aromatic N) is 2. The quantitative estimate of drug-likeness (QED) is 0.301. The van der Waals surface area contributed by atoms with E-state index in [1.807, 2.05) is 18.2 Å². The Hall–Kier alpha value is -3.12. The normalized spacial score (nSPS) is 11.5. The third kappa shape index (κ3) is 2.96. The molecule has 0 fully saturated rings. The highest BCUT2D eigenvalue weighted by molar-refractivity contribution is 6.10. The van der Waals surface area contributed by atoms with Crippen LogP contribution in [-0.2, 0) is 13.5 Å². The van der Waals surface area contributed by atoms with E-state index in [9.17, 15) is 0 Å². The van der Waals surface area contributed by atoms with Crippen molar-refractivity contribution in [1.82, 2.24) is 0 Å². The maximum atomic E-state index is 7.27. The molecule has 0 aliphatic carbocycles. The van der Waals surface area contributed by atoms with Crippen LogP contribution in [0.5, 0.6) is 0 Å². The molecule has 4 aromatic rings. The molecule has 0 saturated heterocycles. The second-order valence-corrected chi connectivity index (χ2v) is 8.10. The fourth-order valence-electron chi connectivity index (χ4n) is 4.05. The van der Waals surface area contributed by atoms with Crippen LogP contribution in [-0.4, -0.2) is 0 Å². The molecule has 0 atom stereocenters. The molecular formula is C25H25N2O+. The fraction of sp³-hybridized carbons (Fsp3) is 0.280. The van der Waals surface area contributed by atoms with Gasteiger partial charge in [0.1, 0.15) is 18.2 Å². The first-order valence-electron chi connectivity index (χ1n) is 9.72. The molecule has 3 heteroatoms. The van der Waals surface area contributed by atoms with Crippen molar-refractivity contribution in [3.05, 3.63) is 70.7 Å². The highest BCUT2D eigenvalue weighted by Gasteiger charge is 2.22. The number of aromatic nitrogens is 1. The minimum Gasteiger partial charge on any atom is -0.456 e. The SMILES string of the molecule is [C-]#[N+]c1ccc2c(c1)oc1c(-c3cc(CC(C)C)c(C)c[n+]3C)c(C)ccc12. The summed E-state index contributed by atoms with van der Waals surface area (Å²) in [4.78, 5) is 3.54.